The van der Waals surface area contributed by atoms with Crippen LogP contribution in [0.5, 0.6) is 0 Å². The third-order valence-corrected chi connectivity index (χ3v) is 3.23. The van der Waals surface area contributed by atoms with E-state index >= 15 is 0 Å². The maximum Gasteiger partial charge on any atom is 0.315 e. The summed E-state index contributed by atoms with van der Waals surface area (Å²) in [5.74, 6) is -1.07. The minimum atomic E-state index is -0.817. The summed E-state index contributed by atoms with van der Waals surface area (Å²) in [4.78, 5) is 33.8. The number of rotatable bonds is 6. The third kappa shape index (κ3) is 5.90. The highest BCUT2D eigenvalue weighted by Crippen LogP contribution is 2.25. The van der Waals surface area contributed by atoms with Crippen LogP contribution >= 0.6 is 0 Å². The number of hydrogen-bond donors (Lipinski definition) is 4. The van der Waals surface area contributed by atoms with Crippen LogP contribution in [0.2, 0.25) is 0 Å². The van der Waals surface area contributed by atoms with Gasteiger partial charge in [-0.25, -0.2) is 4.79 Å². The summed E-state index contributed by atoms with van der Waals surface area (Å²) in [7, 11) is 0. The second-order valence-corrected chi connectivity index (χ2v) is 5.57. The second kappa shape index (κ2) is 7.72. The lowest BCUT2D eigenvalue weighted by molar-refractivity contribution is -0.141. The molecule has 0 aromatic heterocycles. The summed E-state index contributed by atoms with van der Waals surface area (Å²) in [5.41, 5.74) is 0. The van der Waals surface area contributed by atoms with Crippen LogP contribution in [0, 0.1) is 11.8 Å². The highest BCUT2D eigenvalue weighted by Gasteiger charge is 2.30. The van der Waals surface area contributed by atoms with Crippen LogP contribution in [0.4, 0.5) is 4.79 Å². The van der Waals surface area contributed by atoms with E-state index in [0.717, 1.165) is 0 Å². The Kier molecular flexibility index (Phi) is 6.27. The van der Waals surface area contributed by atoms with Gasteiger partial charge in [0.15, 0.2) is 0 Å². The van der Waals surface area contributed by atoms with Gasteiger partial charge in [-0.05, 0) is 25.2 Å². The van der Waals surface area contributed by atoms with Crippen LogP contribution in [0.25, 0.3) is 0 Å². The zero-order valence-corrected chi connectivity index (χ0v) is 11.9. The van der Waals surface area contributed by atoms with Crippen molar-refractivity contribution in [1.29, 1.82) is 0 Å². The molecule has 4 N–H and O–H groups in total. The Morgan fingerprint density at radius 1 is 1.20 bits per heavy atom. The first kappa shape index (κ1) is 16.3. The van der Waals surface area contributed by atoms with E-state index in [4.69, 9.17) is 5.11 Å². The summed E-state index contributed by atoms with van der Waals surface area (Å²) < 4.78 is 0. The molecule has 0 aromatic carbocycles. The van der Waals surface area contributed by atoms with Gasteiger partial charge in [-0.1, -0.05) is 13.8 Å². The van der Waals surface area contributed by atoms with E-state index in [1.54, 1.807) is 0 Å². The van der Waals surface area contributed by atoms with Crippen molar-refractivity contribution in [3.8, 4) is 0 Å². The number of hydrogen-bond acceptors (Lipinski definition) is 3. The topological polar surface area (TPSA) is 108 Å². The number of urea groups is 1. The summed E-state index contributed by atoms with van der Waals surface area (Å²) in [6.45, 7) is 4.47. The molecule has 1 aliphatic carbocycles. The number of carboxylic acid groups (broad SMARTS) is 1. The standard InChI is InChI=1S/C13H23N3O4/c1-8(2)6-14-11(17)7-15-13(20)16-10-4-3-9(5-10)12(18)19/h8-10H,3-7H2,1-2H3,(H,14,17)(H,18,19)(H2,15,16,20)/t9-,10+/m1/s1. The molecule has 7 heteroatoms. The molecule has 114 valence electrons. The van der Waals surface area contributed by atoms with Gasteiger partial charge in [0.2, 0.25) is 5.91 Å². The van der Waals surface area contributed by atoms with E-state index in [-0.39, 0.29) is 24.4 Å². The molecule has 3 amide bonds. The van der Waals surface area contributed by atoms with Crippen molar-refractivity contribution in [2.24, 2.45) is 11.8 Å². The molecule has 0 heterocycles. The average Bonchev–Trinajstić information content (AvgIpc) is 2.82. The van der Waals surface area contributed by atoms with Gasteiger partial charge >= 0.3 is 12.0 Å². The predicted octanol–water partition coefficient (Wildman–Crippen LogP) is 0.311. The van der Waals surface area contributed by atoms with Gasteiger partial charge in [0, 0.05) is 12.6 Å². The number of carbonyl (C=O) groups is 3. The van der Waals surface area contributed by atoms with Crippen LogP contribution in [0.3, 0.4) is 0 Å². The lowest BCUT2D eigenvalue weighted by atomic mass is 10.1. The van der Waals surface area contributed by atoms with Crippen LogP contribution in [-0.2, 0) is 9.59 Å². The number of nitrogens with one attached hydrogen (secondary N) is 3. The summed E-state index contributed by atoms with van der Waals surface area (Å²) in [6.07, 6.45) is 1.68. The molecule has 0 spiro atoms. The fourth-order valence-electron chi connectivity index (χ4n) is 2.11. The fourth-order valence-corrected chi connectivity index (χ4v) is 2.11. The molecule has 2 atom stereocenters. The minimum absolute atomic E-state index is 0.0758. The summed E-state index contributed by atoms with van der Waals surface area (Å²) in [6, 6.07) is -0.560. The van der Waals surface area contributed by atoms with Crippen molar-refractivity contribution in [2.75, 3.05) is 13.1 Å². The zero-order chi connectivity index (χ0) is 15.1. The lowest BCUT2D eigenvalue weighted by Crippen LogP contribution is -2.45. The van der Waals surface area contributed by atoms with Crippen LogP contribution < -0.4 is 16.0 Å². The molecule has 0 radical (unpaired) electrons. The molecule has 7 nitrogen and oxygen atoms in total. The van der Waals surface area contributed by atoms with Gasteiger partial charge in [-0.2, -0.15) is 0 Å². The van der Waals surface area contributed by atoms with E-state index in [2.05, 4.69) is 16.0 Å². The van der Waals surface area contributed by atoms with Gasteiger partial charge in [0.1, 0.15) is 0 Å². The zero-order valence-electron chi connectivity index (χ0n) is 11.9. The fraction of sp³-hybridized carbons (Fsp3) is 0.769. The molecular weight excluding hydrogens is 262 g/mol. The molecule has 1 rings (SSSR count). The average molecular weight is 285 g/mol. The normalized spacial score (nSPS) is 21.6. The molecule has 0 saturated heterocycles. The van der Waals surface area contributed by atoms with Gasteiger partial charge in [-0.3, -0.25) is 9.59 Å². The second-order valence-electron chi connectivity index (χ2n) is 5.57. The Morgan fingerprint density at radius 2 is 1.90 bits per heavy atom. The Bertz CT molecular complexity index is 371. The predicted molar refractivity (Wildman–Crippen MR) is 73.1 cm³/mol. The number of carboxylic acids is 1. The van der Waals surface area contributed by atoms with Crippen LogP contribution in [0.1, 0.15) is 33.1 Å². The van der Waals surface area contributed by atoms with E-state index < -0.39 is 12.0 Å². The lowest BCUT2D eigenvalue weighted by Gasteiger charge is -2.13. The number of amides is 3. The van der Waals surface area contributed by atoms with E-state index in [9.17, 15) is 14.4 Å². The van der Waals surface area contributed by atoms with E-state index in [0.29, 0.717) is 31.7 Å². The highest BCUT2D eigenvalue weighted by molar-refractivity contribution is 5.84. The van der Waals surface area contributed by atoms with Crippen molar-refractivity contribution in [3.05, 3.63) is 0 Å². The first-order valence-electron chi connectivity index (χ1n) is 6.92. The van der Waals surface area contributed by atoms with E-state index in [1.165, 1.54) is 0 Å². The SMILES string of the molecule is CC(C)CNC(=O)CNC(=O)N[C@H]1CC[C@@H](C(=O)O)C1. The highest BCUT2D eigenvalue weighted by atomic mass is 16.4. The van der Waals surface area contributed by atoms with Crippen molar-refractivity contribution < 1.29 is 19.5 Å². The molecule has 0 aromatic rings. The van der Waals surface area contributed by atoms with Crippen molar-refractivity contribution in [3.63, 3.8) is 0 Å². The molecule has 1 aliphatic rings. The maximum atomic E-state index is 11.6. The molecule has 1 saturated carbocycles. The Hall–Kier alpha value is -1.79. The largest absolute Gasteiger partial charge is 0.481 e. The monoisotopic (exact) mass is 285 g/mol. The molecule has 20 heavy (non-hydrogen) atoms. The summed E-state index contributed by atoms with van der Waals surface area (Å²) in [5, 5.41) is 16.7. The van der Waals surface area contributed by atoms with Gasteiger partial charge in [0.05, 0.1) is 12.5 Å². The number of aliphatic carboxylic acids is 1. The van der Waals surface area contributed by atoms with Crippen LogP contribution in [0.15, 0.2) is 0 Å². The molecule has 0 unspecified atom stereocenters. The van der Waals surface area contributed by atoms with Gasteiger partial charge in [0.25, 0.3) is 0 Å². The third-order valence-electron chi connectivity index (χ3n) is 3.23. The van der Waals surface area contributed by atoms with Crippen molar-refractivity contribution >= 4 is 17.9 Å². The van der Waals surface area contributed by atoms with Crippen molar-refractivity contribution in [1.82, 2.24) is 16.0 Å². The Balaban J connectivity index is 2.18. The molecular formula is C13H23N3O4. The van der Waals surface area contributed by atoms with E-state index in [1.807, 2.05) is 13.8 Å². The number of carbonyl (C=O) groups excluding carboxylic acids is 2. The van der Waals surface area contributed by atoms with Gasteiger partial charge in [-0.15, -0.1) is 0 Å². The Labute approximate surface area is 118 Å². The van der Waals surface area contributed by atoms with Gasteiger partial charge < -0.3 is 21.1 Å². The minimum Gasteiger partial charge on any atom is -0.481 e. The smallest absolute Gasteiger partial charge is 0.315 e. The molecule has 1 fully saturated rings. The summed E-state index contributed by atoms with van der Waals surface area (Å²) >= 11 is 0. The van der Waals surface area contributed by atoms with Crippen LogP contribution in [-0.4, -0.2) is 42.1 Å². The molecule has 0 bridgehead atoms. The Morgan fingerprint density at radius 3 is 2.45 bits per heavy atom. The maximum absolute atomic E-state index is 11.6. The molecule has 0 aliphatic heterocycles. The first-order chi connectivity index (χ1) is 9.38. The quantitative estimate of drug-likeness (QED) is 0.563. The first-order valence-corrected chi connectivity index (χ1v) is 6.92. The van der Waals surface area contributed by atoms with Crippen molar-refractivity contribution in [2.45, 2.75) is 39.2 Å².